The smallest absolute Gasteiger partial charge is 0.358 e. The van der Waals surface area contributed by atoms with Crippen LogP contribution in [-0.4, -0.2) is 9.97 Å². The second-order valence-electron chi connectivity index (χ2n) is 13.9. The van der Waals surface area contributed by atoms with Crippen LogP contribution in [0.1, 0.15) is 11.1 Å². The maximum absolute atomic E-state index is 5.09. The van der Waals surface area contributed by atoms with Crippen molar-refractivity contribution in [3.8, 4) is 11.3 Å². The topological polar surface area (TPSA) is 25.8 Å². The third kappa shape index (κ3) is 7.93. The van der Waals surface area contributed by atoms with Gasteiger partial charge in [-0.1, -0.05) is 116 Å². The molecule has 8 aromatic carbocycles. The fourth-order valence-electron chi connectivity index (χ4n) is 7.14. The van der Waals surface area contributed by atoms with E-state index in [2.05, 4.69) is 176 Å². The fraction of sp³-hybridized carbons (Fsp3) is 0.0377. The second kappa shape index (κ2) is 16.6. The van der Waals surface area contributed by atoms with Gasteiger partial charge in [0.25, 0.3) is 0 Å². The first kappa shape index (κ1) is 38.0. The Morgan fingerprint density at radius 3 is 1.52 bits per heavy atom. The molecule has 0 amide bonds. The summed E-state index contributed by atoms with van der Waals surface area (Å²) in [7, 11) is 0. The molecule has 3 heteroatoms. The molecule has 2 heterocycles. The van der Waals surface area contributed by atoms with Crippen molar-refractivity contribution >= 4 is 75.7 Å². The van der Waals surface area contributed by atoms with Crippen LogP contribution in [0.3, 0.4) is 0 Å². The van der Waals surface area contributed by atoms with Crippen LogP contribution < -0.4 is 0 Å². The average molecular weight is 896 g/mol. The molecule has 0 fully saturated rings. The molecule has 0 unspecified atom stereocenters. The molecule has 2 aromatic heterocycles. The third-order valence-electron chi connectivity index (χ3n) is 10.0. The molecule has 0 radical (unpaired) electrons. The number of fused-ring (bicyclic) bond motifs is 20. The van der Waals surface area contributed by atoms with Gasteiger partial charge in [0.2, 0.25) is 0 Å². The fourth-order valence-corrected chi connectivity index (χ4v) is 7.14. The predicted molar refractivity (Wildman–Crippen MR) is 236 cm³/mol. The molecule has 270 valence electrons. The quantitative estimate of drug-likeness (QED) is 0.153. The van der Waals surface area contributed by atoms with Crippen LogP contribution in [0.5, 0.6) is 0 Å². The molecule has 0 atom stereocenters. The van der Waals surface area contributed by atoms with Gasteiger partial charge in [-0.25, -0.2) is 0 Å². The summed E-state index contributed by atoms with van der Waals surface area (Å²) < 4.78 is 0. The molecule has 0 spiro atoms. The minimum Gasteiger partial charge on any atom is -0.358 e. The van der Waals surface area contributed by atoms with Crippen molar-refractivity contribution in [1.82, 2.24) is 9.97 Å². The van der Waals surface area contributed by atoms with Gasteiger partial charge in [-0.3, -0.25) is 4.98 Å². The first-order valence-corrected chi connectivity index (χ1v) is 18.3. The second-order valence-corrected chi connectivity index (χ2v) is 13.9. The predicted octanol–water partition coefficient (Wildman–Crippen LogP) is 14.3. The van der Waals surface area contributed by atoms with E-state index in [0.29, 0.717) is 0 Å². The van der Waals surface area contributed by atoms with E-state index >= 15 is 0 Å². The van der Waals surface area contributed by atoms with Crippen molar-refractivity contribution in [2.45, 2.75) is 13.8 Å². The van der Waals surface area contributed by atoms with Crippen molar-refractivity contribution < 1.29 is 20.1 Å². The van der Waals surface area contributed by atoms with Gasteiger partial charge in [0, 0.05) is 11.6 Å². The Morgan fingerprint density at radius 1 is 0.429 bits per heavy atom. The van der Waals surface area contributed by atoms with Gasteiger partial charge in [0.15, 0.2) is 0 Å². The summed E-state index contributed by atoms with van der Waals surface area (Å²) in [6.07, 6.45) is 1.88. The molecule has 2 nitrogen and oxygen atoms in total. The average Bonchev–Trinajstić information content (AvgIpc) is 3.24. The van der Waals surface area contributed by atoms with Gasteiger partial charge >= 0.3 is 20.1 Å². The maximum Gasteiger partial charge on any atom is 3.00 e. The van der Waals surface area contributed by atoms with Crippen molar-refractivity contribution in [3.05, 3.63) is 213 Å². The first-order valence-electron chi connectivity index (χ1n) is 18.3. The first-order chi connectivity index (χ1) is 26.5. The third-order valence-corrected chi connectivity index (χ3v) is 10.0. The Labute approximate surface area is 341 Å². The molecule has 10 rings (SSSR count). The van der Waals surface area contributed by atoms with E-state index in [4.69, 9.17) is 4.98 Å². The Kier molecular flexibility index (Phi) is 11.3. The molecular weight excluding hydrogens is 857 g/mol. The summed E-state index contributed by atoms with van der Waals surface area (Å²) in [5, 5.41) is 14.0. The van der Waals surface area contributed by atoms with Crippen molar-refractivity contribution in [2.75, 3.05) is 0 Å². The molecule has 0 aliphatic carbocycles. The van der Waals surface area contributed by atoms with E-state index in [9.17, 15) is 0 Å². The van der Waals surface area contributed by atoms with Crippen LogP contribution in [0.2, 0.25) is 0 Å². The van der Waals surface area contributed by atoms with Gasteiger partial charge in [0.05, 0.1) is 5.52 Å². The van der Waals surface area contributed by atoms with Gasteiger partial charge in [-0.05, 0) is 103 Å². The monoisotopic (exact) mass is 896 g/mol. The maximum atomic E-state index is 5.09. The van der Waals surface area contributed by atoms with E-state index < -0.39 is 0 Å². The SMILES string of the molecule is Cc1c[c-]c(-c2ccc(C)cn2)cc1.[CH3-].[Ir+3].[c-]1ccc2cc1c1cc(c3cccc(c3)c3cccc(c3)c3cccc(c3)c3cccc2c3)c2ccccc2n1. The Balaban J connectivity index is 0.000000255. The zero-order chi connectivity index (χ0) is 36.4. The minimum absolute atomic E-state index is 0. The number of para-hydroxylation sites is 1. The number of aryl methyl sites for hydroxylation is 2. The molecule has 56 heavy (non-hydrogen) atoms. The van der Waals surface area contributed by atoms with E-state index in [-0.39, 0.29) is 27.5 Å². The number of hydrogen-bond acceptors (Lipinski definition) is 2. The minimum atomic E-state index is 0. The number of aromatic nitrogens is 2. The summed E-state index contributed by atoms with van der Waals surface area (Å²) in [4.78, 5) is 9.43. The van der Waals surface area contributed by atoms with E-state index in [1.807, 2.05) is 37.4 Å². The summed E-state index contributed by atoms with van der Waals surface area (Å²) in [6, 6.07) is 69.2. The Morgan fingerprint density at radius 2 is 0.964 bits per heavy atom. The molecule has 0 N–H and O–H groups in total. The van der Waals surface area contributed by atoms with E-state index in [1.165, 1.54) is 59.6 Å². The van der Waals surface area contributed by atoms with E-state index in [0.717, 1.165) is 38.4 Å². The van der Waals surface area contributed by atoms with Crippen LogP contribution in [0.25, 0.3) is 86.9 Å². The number of benzene rings is 7. The molecule has 10 aromatic rings. The summed E-state index contributed by atoms with van der Waals surface area (Å²) in [5.74, 6) is 0. The van der Waals surface area contributed by atoms with Gasteiger partial charge < -0.3 is 12.4 Å². The van der Waals surface area contributed by atoms with Crippen LogP contribution >= 0.6 is 0 Å². The van der Waals surface area contributed by atoms with Crippen molar-refractivity contribution in [2.24, 2.45) is 0 Å². The van der Waals surface area contributed by atoms with Crippen LogP contribution in [0.15, 0.2) is 182 Å². The molecule has 0 saturated carbocycles. The number of hydrogen-bond donors (Lipinski definition) is 0. The summed E-state index contributed by atoms with van der Waals surface area (Å²) in [6.45, 7) is 4.10. The van der Waals surface area contributed by atoms with Gasteiger partial charge in [-0.15, -0.1) is 70.4 Å². The number of nitrogens with zero attached hydrogens (tertiary/aromatic N) is 2. The molecule has 12 bridgehead atoms. The molecular formula is C53H39IrN2. The Bertz CT molecular complexity index is 3070. The van der Waals surface area contributed by atoms with Crippen LogP contribution in [0, 0.1) is 33.4 Å². The largest absolute Gasteiger partial charge is 3.00 e. The number of pyridine rings is 2. The molecule has 0 saturated heterocycles. The van der Waals surface area contributed by atoms with E-state index in [1.54, 1.807) is 0 Å². The summed E-state index contributed by atoms with van der Waals surface area (Å²) >= 11 is 0. The van der Waals surface area contributed by atoms with Crippen molar-refractivity contribution in [1.29, 1.82) is 0 Å². The zero-order valence-corrected chi connectivity index (χ0v) is 33.9. The molecule has 0 aliphatic rings. The molecule has 0 aliphatic heterocycles. The van der Waals surface area contributed by atoms with Crippen LogP contribution in [-0.2, 0) is 20.1 Å². The Hall–Kier alpha value is -6.25. The normalized spacial score (nSPS) is 10.8. The number of rotatable bonds is 1. The zero-order valence-electron chi connectivity index (χ0n) is 31.5. The van der Waals surface area contributed by atoms with Crippen molar-refractivity contribution in [3.63, 3.8) is 0 Å². The van der Waals surface area contributed by atoms with Gasteiger partial charge in [-0.2, -0.15) is 0 Å². The standard InChI is InChI=1S/C39H24N.C13H12N.CH3.Ir/c1-2-19-38-36(18-1)37-25-39(40-38)35-17-7-15-33(24-35)31-13-5-11-29(22-31)27-9-3-8-26(20-27)28-10-4-12-30(21-28)32-14-6-16-34(37)23-32;1-10-3-6-12(7-4-10)13-8-5-11(2)9-14-13;;/h1-16,18-25H;3-6,8-9H,1-2H3;1H3;/q3*-1;+3. The van der Waals surface area contributed by atoms with Gasteiger partial charge in [0.1, 0.15) is 0 Å². The van der Waals surface area contributed by atoms with Crippen LogP contribution in [0.4, 0.5) is 0 Å². The summed E-state index contributed by atoms with van der Waals surface area (Å²) in [5.41, 5.74) is 6.34.